The van der Waals surface area contributed by atoms with Crippen LogP contribution in [-0.4, -0.2) is 30.9 Å². The van der Waals surface area contributed by atoms with Crippen molar-refractivity contribution in [3.05, 3.63) is 45.1 Å². The fourth-order valence-corrected chi connectivity index (χ4v) is 2.70. The highest BCUT2D eigenvalue weighted by molar-refractivity contribution is 6.35. The molecule has 1 aromatic rings. The highest BCUT2D eigenvalue weighted by Crippen LogP contribution is 2.33. The van der Waals surface area contributed by atoms with Crippen LogP contribution < -0.4 is 10.6 Å². The number of nitrogens with one attached hydrogen (secondary N) is 2. The number of amides is 3. The Bertz CT molecular complexity index is 641. The maximum Gasteiger partial charge on any atom is 0.319 e. The molecule has 0 radical (unpaired) electrons. The lowest BCUT2D eigenvalue weighted by atomic mass is 9.94. The SMILES string of the molecule is CC1=C(C(=O)N(C)C)[C@H](c2ccc(Cl)cc2Cl)NC(=O)N1. The predicted molar refractivity (Wildman–Crippen MR) is 82.3 cm³/mol. The highest BCUT2D eigenvalue weighted by Gasteiger charge is 2.33. The van der Waals surface area contributed by atoms with Crippen molar-refractivity contribution in [3.63, 3.8) is 0 Å². The fraction of sp³-hybridized carbons (Fsp3) is 0.286. The van der Waals surface area contributed by atoms with Crippen LogP contribution in [-0.2, 0) is 4.79 Å². The second-order valence-corrected chi connectivity index (χ2v) is 5.78. The Kier molecular flexibility index (Phi) is 4.44. The smallest absolute Gasteiger partial charge is 0.319 e. The number of carbonyl (C=O) groups is 2. The summed E-state index contributed by atoms with van der Waals surface area (Å²) in [5.74, 6) is -0.198. The lowest BCUT2D eigenvalue weighted by Gasteiger charge is -2.30. The number of benzene rings is 1. The molecule has 0 saturated heterocycles. The van der Waals surface area contributed by atoms with Crippen molar-refractivity contribution in [1.82, 2.24) is 15.5 Å². The molecule has 0 spiro atoms. The van der Waals surface area contributed by atoms with Crippen LogP contribution in [0.4, 0.5) is 4.79 Å². The molecule has 0 unspecified atom stereocenters. The van der Waals surface area contributed by atoms with Gasteiger partial charge in [0, 0.05) is 29.8 Å². The van der Waals surface area contributed by atoms with E-state index in [1.807, 2.05) is 0 Å². The number of nitrogens with zero attached hydrogens (tertiary/aromatic N) is 1. The van der Waals surface area contributed by atoms with Gasteiger partial charge in [0.25, 0.3) is 5.91 Å². The van der Waals surface area contributed by atoms with Crippen LogP contribution in [0.3, 0.4) is 0 Å². The Morgan fingerprint density at radius 1 is 1.29 bits per heavy atom. The van der Waals surface area contributed by atoms with E-state index in [1.54, 1.807) is 39.2 Å². The molecule has 3 amide bonds. The first-order valence-corrected chi connectivity index (χ1v) is 7.01. The predicted octanol–water partition coefficient (Wildman–Crippen LogP) is 2.71. The van der Waals surface area contributed by atoms with E-state index in [-0.39, 0.29) is 11.9 Å². The minimum atomic E-state index is -0.613. The quantitative estimate of drug-likeness (QED) is 0.877. The monoisotopic (exact) mass is 327 g/mol. The number of rotatable bonds is 2. The molecular formula is C14H15Cl2N3O2. The Labute approximate surface area is 132 Å². The van der Waals surface area contributed by atoms with Gasteiger partial charge in [-0.2, -0.15) is 0 Å². The molecule has 0 saturated carbocycles. The molecule has 1 aliphatic rings. The second-order valence-electron chi connectivity index (χ2n) is 4.94. The third-order valence-electron chi connectivity index (χ3n) is 3.18. The van der Waals surface area contributed by atoms with E-state index in [0.29, 0.717) is 26.9 Å². The maximum absolute atomic E-state index is 12.4. The normalized spacial score (nSPS) is 18.1. The Hall–Kier alpha value is -1.72. The van der Waals surface area contributed by atoms with Gasteiger partial charge in [-0.25, -0.2) is 4.79 Å². The number of hydrogen-bond donors (Lipinski definition) is 2. The molecule has 2 N–H and O–H groups in total. The van der Waals surface area contributed by atoms with Crippen molar-refractivity contribution in [2.75, 3.05) is 14.1 Å². The number of carbonyl (C=O) groups excluding carboxylic acids is 2. The summed E-state index contributed by atoms with van der Waals surface area (Å²) >= 11 is 12.1. The van der Waals surface area contributed by atoms with E-state index in [0.717, 1.165) is 0 Å². The van der Waals surface area contributed by atoms with Gasteiger partial charge in [0.2, 0.25) is 0 Å². The van der Waals surface area contributed by atoms with Gasteiger partial charge < -0.3 is 15.5 Å². The van der Waals surface area contributed by atoms with Gasteiger partial charge in [-0.15, -0.1) is 0 Å². The molecule has 2 rings (SSSR count). The Morgan fingerprint density at radius 3 is 2.52 bits per heavy atom. The van der Waals surface area contributed by atoms with Gasteiger partial charge in [0.05, 0.1) is 11.6 Å². The van der Waals surface area contributed by atoms with Gasteiger partial charge in [-0.1, -0.05) is 29.3 Å². The van der Waals surface area contributed by atoms with E-state index in [1.165, 1.54) is 4.90 Å². The molecule has 0 fully saturated rings. The Morgan fingerprint density at radius 2 is 1.95 bits per heavy atom. The standard InChI is InChI=1S/C14H15Cl2N3O2/c1-7-11(13(20)19(2)3)12(18-14(21)17-7)9-5-4-8(15)6-10(9)16/h4-6,12H,1-3H3,(H2,17,18,21)/t12-/m0/s1. The van der Waals surface area contributed by atoms with E-state index in [2.05, 4.69) is 10.6 Å². The van der Waals surface area contributed by atoms with Gasteiger partial charge in [-0.3, -0.25) is 4.79 Å². The van der Waals surface area contributed by atoms with Gasteiger partial charge in [0.15, 0.2) is 0 Å². The number of likely N-dealkylation sites (N-methyl/N-ethyl adjacent to an activating group) is 1. The third-order valence-corrected chi connectivity index (χ3v) is 3.74. The zero-order valence-electron chi connectivity index (χ0n) is 11.8. The summed E-state index contributed by atoms with van der Waals surface area (Å²) in [6, 6.07) is 3.97. The molecule has 0 aliphatic carbocycles. The van der Waals surface area contributed by atoms with E-state index in [9.17, 15) is 9.59 Å². The first-order chi connectivity index (χ1) is 9.81. The van der Waals surface area contributed by atoms with Crippen molar-refractivity contribution in [3.8, 4) is 0 Å². The van der Waals surface area contributed by atoms with Crippen LogP contribution >= 0.6 is 23.2 Å². The van der Waals surface area contributed by atoms with Crippen molar-refractivity contribution in [2.24, 2.45) is 0 Å². The lowest BCUT2D eigenvalue weighted by molar-refractivity contribution is -0.125. The van der Waals surface area contributed by atoms with Crippen LogP contribution in [0.1, 0.15) is 18.5 Å². The summed E-state index contributed by atoms with van der Waals surface area (Å²) in [7, 11) is 3.30. The molecule has 112 valence electrons. The van der Waals surface area contributed by atoms with Crippen molar-refractivity contribution >= 4 is 35.1 Å². The summed E-state index contributed by atoms with van der Waals surface area (Å²) in [6.45, 7) is 1.69. The molecule has 7 heteroatoms. The summed E-state index contributed by atoms with van der Waals surface area (Å²) in [5.41, 5.74) is 1.58. The van der Waals surface area contributed by atoms with Gasteiger partial charge in [0.1, 0.15) is 0 Å². The average molecular weight is 328 g/mol. The van der Waals surface area contributed by atoms with Gasteiger partial charge >= 0.3 is 6.03 Å². The first kappa shape index (κ1) is 15.7. The largest absolute Gasteiger partial charge is 0.345 e. The van der Waals surface area contributed by atoms with Crippen LogP contribution in [0.5, 0.6) is 0 Å². The molecule has 0 aromatic heterocycles. The lowest BCUT2D eigenvalue weighted by Crippen LogP contribution is -2.46. The molecule has 5 nitrogen and oxygen atoms in total. The fourth-order valence-electron chi connectivity index (χ4n) is 2.19. The number of allylic oxidation sites excluding steroid dienone is 1. The zero-order chi connectivity index (χ0) is 15.7. The molecular weight excluding hydrogens is 313 g/mol. The van der Waals surface area contributed by atoms with Gasteiger partial charge in [-0.05, 0) is 24.6 Å². The average Bonchev–Trinajstić information content (AvgIpc) is 2.37. The number of hydrogen-bond acceptors (Lipinski definition) is 2. The minimum Gasteiger partial charge on any atom is -0.345 e. The third kappa shape index (κ3) is 3.14. The molecule has 21 heavy (non-hydrogen) atoms. The maximum atomic E-state index is 12.4. The van der Waals surface area contributed by atoms with Crippen LogP contribution in [0.2, 0.25) is 10.0 Å². The van der Waals surface area contributed by atoms with E-state index >= 15 is 0 Å². The summed E-state index contributed by atoms with van der Waals surface area (Å²) in [4.78, 5) is 25.6. The van der Waals surface area contributed by atoms with E-state index in [4.69, 9.17) is 23.2 Å². The van der Waals surface area contributed by atoms with Crippen molar-refractivity contribution in [1.29, 1.82) is 0 Å². The molecule has 1 aliphatic heterocycles. The molecule has 1 atom stereocenters. The first-order valence-electron chi connectivity index (χ1n) is 6.26. The molecule has 1 heterocycles. The van der Waals surface area contributed by atoms with Crippen LogP contribution in [0, 0.1) is 0 Å². The summed E-state index contributed by atoms with van der Waals surface area (Å²) < 4.78 is 0. The molecule has 0 bridgehead atoms. The van der Waals surface area contributed by atoms with Crippen molar-refractivity contribution in [2.45, 2.75) is 13.0 Å². The summed E-state index contributed by atoms with van der Waals surface area (Å²) in [6.07, 6.45) is 0. The van der Waals surface area contributed by atoms with Crippen molar-refractivity contribution < 1.29 is 9.59 Å². The summed E-state index contributed by atoms with van der Waals surface area (Å²) in [5, 5.41) is 6.22. The van der Waals surface area contributed by atoms with E-state index < -0.39 is 6.04 Å². The topological polar surface area (TPSA) is 61.4 Å². The Balaban J connectivity index is 2.55. The number of urea groups is 1. The second kappa shape index (κ2) is 5.95. The zero-order valence-corrected chi connectivity index (χ0v) is 13.3. The van der Waals surface area contributed by atoms with Crippen LogP contribution in [0.25, 0.3) is 0 Å². The minimum absolute atomic E-state index is 0.198. The number of halogens is 2. The highest BCUT2D eigenvalue weighted by atomic mass is 35.5. The molecule has 1 aromatic carbocycles. The van der Waals surface area contributed by atoms with Crippen LogP contribution in [0.15, 0.2) is 29.5 Å².